The highest BCUT2D eigenvalue weighted by atomic mass is 15.5. The lowest BCUT2D eigenvalue weighted by molar-refractivity contribution is 0.319. The molecule has 3 aromatic carbocycles. The van der Waals surface area contributed by atoms with E-state index in [2.05, 4.69) is 69.4 Å². The van der Waals surface area contributed by atoms with Crippen LogP contribution < -0.4 is 15.8 Å². The van der Waals surface area contributed by atoms with Crippen LogP contribution in [0.5, 0.6) is 0 Å². The molecule has 5 rings (SSSR count). The van der Waals surface area contributed by atoms with Gasteiger partial charge in [-0.15, -0.1) is 5.43 Å². The van der Waals surface area contributed by atoms with E-state index in [9.17, 15) is 0 Å². The van der Waals surface area contributed by atoms with Crippen LogP contribution in [0.2, 0.25) is 0 Å². The summed E-state index contributed by atoms with van der Waals surface area (Å²) >= 11 is 0. The molecule has 4 nitrogen and oxygen atoms in total. The Kier molecular flexibility index (Phi) is 3.83. The molecule has 0 saturated heterocycles. The molecule has 3 aromatic rings. The largest absolute Gasteiger partial charge is 0.299 e. The minimum Gasteiger partial charge on any atom is -0.299 e. The van der Waals surface area contributed by atoms with Gasteiger partial charge in [0.05, 0.1) is 17.1 Å². The molecule has 2 aliphatic rings. The van der Waals surface area contributed by atoms with Gasteiger partial charge in [0, 0.05) is 16.6 Å². The van der Waals surface area contributed by atoms with Crippen molar-refractivity contribution in [1.29, 1.82) is 0 Å². The number of fused-ring (bicyclic) bond motifs is 2. The van der Waals surface area contributed by atoms with Crippen LogP contribution in [0.4, 0.5) is 17.1 Å². The van der Waals surface area contributed by atoms with Crippen LogP contribution in [0.1, 0.15) is 44.4 Å². The number of nitrogens with zero attached hydrogens (tertiary/aromatic N) is 3. The van der Waals surface area contributed by atoms with Crippen molar-refractivity contribution < 1.29 is 0 Å². The number of para-hydroxylation sites is 1. The summed E-state index contributed by atoms with van der Waals surface area (Å²) in [6, 6.07) is 24.9. The van der Waals surface area contributed by atoms with Gasteiger partial charge in [-0.1, -0.05) is 48.5 Å². The number of benzene rings is 3. The van der Waals surface area contributed by atoms with Gasteiger partial charge in [0.25, 0.3) is 0 Å². The third kappa shape index (κ3) is 2.91. The fourth-order valence-electron chi connectivity index (χ4n) is 4.55. The molecule has 0 fully saturated rings. The number of anilines is 2. The van der Waals surface area contributed by atoms with Gasteiger partial charge >= 0.3 is 0 Å². The molecule has 0 spiro atoms. The van der Waals surface area contributed by atoms with E-state index >= 15 is 0 Å². The monoisotopic (exact) mass is 381 g/mol. The summed E-state index contributed by atoms with van der Waals surface area (Å²) in [7, 11) is 0. The van der Waals surface area contributed by atoms with E-state index in [1.807, 2.05) is 41.4 Å². The highest BCUT2D eigenvalue weighted by Crippen LogP contribution is 2.47. The van der Waals surface area contributed by atoms with Gasteiger partial charge < -0.3 is 0 Å². The number of aliphatic imine (C=N–C) groups is 1. The standard InChI is InChI=1S/C25H25N4/c1-24(2)19-15-21-22(16-20(19)25(3,4)28-24)29(18-13-9-6-10-14-18)27-23(26-21)17-11-7-5-8-12-17/h5-16,28H,1-4H3. The maximum atomic E-state index is 4.96. The summed E-state index contributed by atoms with van der Waals surface area (Å²) < 4.78 is 0. The Morgan fingerprint density at radius 2 is 1.34 bits per heavy atom. The van der Waals surface area contributed by atoms with Gasteiger partial charge in [0.15, 0.2) is 5.84 Å². The number of hydrogen-bond donors (Lipinski definition) is 1. The Morgan fingerprint density at radius 3 is 2.00 bits per heavy atom. The maximum Gasteiger partial charge on any atom is 0.180 e. The Balaban J connectivity index is 1.74. The lowest BCUT2D eigenvalue weighted by atomic mass is 9.89. The van der Waals surface area contributed by atoms with E-state index in [1.165, 1.54) is 11.1 Å². The molecule has 2 aliphatic heterocycles. The molecule has 2 heterocycles. The number of hydrogen-bond acceptors (Lipinski definition) is 3. The van der Waals surface area contributed by atoms with E-state index in [0.717, 1.165) is 28.5 Å². The van der Waals surface area contributed by atoms with Crippen molar-refractivity contribution in [2.75, 3.05) is 5.01 Å². The van der Waals surface area contributed by atoms with Crippen LogP contribution in [0.25, 0.3) is 0 Å². The lowest BCUT2D eigenvalue weighted by Gasteiger charge is -2.31. The fraction of sp³-hybridized carbons (Fsp3) is 0.240. The first-order valence-electron chi connectivity index (χ1n) is 10.0. The van der Waals surface area contributed by atoms with E-state index in [0.29, 0.717) is 0 Å². The highest BCUT2D eigenvalue weighted by molar-refractivity contribution is 6.05. The average molecular weight is 382 g/mol. The number of amidine groups is 1. The van der Waals surface area contributed by atoms with Gasteiger partial charge in [0.2, 0.25) is 0 Å². The molecule has 1 N–H and O–H groups in total. The maximum absolute atomic E-state index is 4.96. The van der Waals surface area contributed by atoms with Crippen LogP contribution in [0.15, 0.2) is 77.8 Å². The van der Waals surface area contributed by atoms with Crippen LogP contribution in [-0.4, -0.2) is 5.84 Å². The first-order valence-corrected chi connectivity index (χ1v) is 10.0. The summed E-state index contributed by atoms with van der Waals surface area (Å²) in [5, 5.41) is 5.78. The molecule has 0 saturated carbocycles. The normalized spacial score (nSPS) is 18.5. The van der Waals surface area contributed by atoms with Crippen molar-refractivity contribution in [2.45, 2.75) is 38.8 Å². The summed E-state index contributed by atoms with van der Waals surface area (Å²) in [5.74, 6) is 0.727. The smallest absolute Gasteiger partial charge is 0.180 e. The molecule has 0 unspecified atom stereocenters. The molecule has 0 aromatic heterocycles. The number of nitrogens with one attached hydrogen (secondary N) is 1. The molecular formula is C25H25N4. The summed E-state index contributed by atoms with van der Waals surface area (Å²) in [6.45, 7) is 8.94. The molecular weight excluding hydrogens is 356 g/mol. The van der Waals surface area contributed by atoms with Crippen LogP contribution >= 0.6 is 0 Å². The minimum absolute atomic E-state index is 0.109. The van der Waals surface area contributed by atoms with Gasteiger partial charge in [0.1, 0.15) is 0 Å². The zero-order chi connectivity index (χ0) is 20.2. The quantitative estimate of drug-likeness (QED) is 0.636. The average Bonchev–Trinajstić information content (AvgIpc) is 2.90. The van der Waals surface area contributed by atoms with E-state index in [4.69, 9.17) is 10.4 Å². The van der Waals surface area contributed by atoms with Crippen molar-refractivity contribution in [1.82, 2.24) is 10.7 Å². The van der Waals surface area contributed by atoms with Crippen molar-refractivity contribution in [3.8, 4) is 0 Å². The molecule has 0 atom stereocenters. The molecule has 29 heavy (non-hydrogen) atoms. The van der Waals surface area contributed by atoms with Crippen LogP contribution in [0.3, 0.4) is 0 Å². The minimum atomic E-state index is -0.111. The zero-order valence-corrected chi connectivity index (χ0v) is 17.3. The second-order valence-corrected chi connectivity index (χ2v) is 8.81. The van der Waals surface area contributed by atoms with Gasteiger partial charge in [-0.2, -0.15) is 0 Å². The lowest BCUT2D eigenvalue weighted by Crippen LogP contribution is -2.40. The summed E-state index contributed by atoms with van der Waals surface area (Å²) in [5.41, 5.74) is 11.3. The molecule has 0 amide bonds. The molecule has 4 heteroatoms. The Hall–Kier alpha value is -3.11. The Morgan fingerprint density at radius 1 is 0.759 bits per heavy atom. The zero-order valence-electron chi connectivity index (χ0n) is 17.3. The second-order valence-electron chi connectivity index (χ2n) is 8.81. The number of rotatable bonds is 2. The van der Waals surface area contributed by atoms with Crippen LogP contribution in [0, 0.1) is 0 Å². The predicted octanol–water partition coefficient (Wildman–Crippen LogP) is 5.51. The molecule has 1 radical (unpaired) electrons. The van der Waals surface area contributed by atoms with Crippen molar-refractivity contribution >= 4 is 22.9 Å². The highest BCUT2D eigenvalue weighted by Gasteiger charge is 2.42. The van der Waals surface area contributed by atoms with Gasteiger partial charge in [-0.25, -0.2) is 10.0 Å². The van der Waals surface area contributed by atoms with Gasteiger partial charge in [-0.3, -0.25) is 5.32 Å². The van der Waals surface area contributed by atoms with Crippen molar-refractivity contribution in [3.05, 3.63) is 89.5 Å². The summed E-state index contributed by atoms with van der Waals surface area (Å²) in [4.78, 5) is 4.96. The van der Waals surface area contributed by atoms with Crippen molar-refractivity contribution in [3.63, 3.8) is 0 Å². The van der Waals surface area contributed by atoms with E-state index in [1.54, 1.807) is 0 Å². The summed E-state index contributed by atoms with van der Waals surface area (Å²) in [6.07, 6.45) is 0. The fourth-order valence-corrected chi connectivity index (χ4v) is 4.55. The second kappa shape index (κ2) is 6.19. The van der Waals surface area contributed by atoms with Gasteiger partial charge in [-0.05, 0) is 63.1 Å². The molecule has 0 bridgehead atoms. The van der Waals surface area contributed by atoms with E-state index in [-0.39, 0.29) is 11.1 Å². The topological polar surface area (TPSA) is 41.7 Å². The van der Waals surface area contributed by atoms with Crippen molar-refractivity contribution in [2.24, 2.45) is 4.99 Å². The first-order chi connectivity index (χ1) is 13.9. The molecule has 145 valence electrons. The third-order valence-electron chi connectivity index (χ3n) is 5.77. The third-order valence-corrected chi connectivity index (χ3v) is 5.77. The Bertz CT molecular complexity index is 1100. The SMILES string of the molecule is CC1(C)NC(C)(C)c2cc3c(cc21)N=C(c1ccccc1)[N]N3c1ccccc1. The Labute approximate surface area is 172 Å². The predicted molar refractivity (Wildman–Crippen MR) is 119 cm³/mol. The molecule has 0 aliphatic carbocycles. The van der Waals surface area contributed by atoms with Crippen LogP contribution in [-0.2, 0) is 11.1 Å². The van der Waals surface area contributed by atoms with E-state index < -0.39 is 0 Å². The first kappa shape index (κ1) is 18.0.